The number of likely N-dealkylation sites (N-methyl/N-ethyl adjacent to an activating group) is 1. The average Bonchev–Trinajstić information content (AvgIpc) is 3.09. The molecule has 1 aliphatic rings. The van der Waals surface area contributed by atoms with E-state index in [1.807, 2.05) is 24.3 Å². The molecule has 144 valence electrons. The highest BCUT2D eigenvalue weighted by Gasteiger charge is 2.18. The van der Waals surface area contributed by atoms with E-state index in [1.165, 1.54) is 11.3 Å². The zero-order valence-corrected chi connectivity index (χ0v) is 16.9. The molecular weight excluding hydrogens is 384 g/mol. The number of benzene rings is 1. The van der Waals surface area contributed by atoms with E-state index in [2.05, 4.69) is 27.5 Å². The average molecular weight is 407 g/mol. The number of rotatable bonds is 5. The van der Waals surface area contributed by atoms with Gasteiger partial charge >= 0.3 is 0 Å². The number of carbonyl (C=O) groups is 2. The van der Waals surface area contributed by atoms with Crippen LogP contribution in [0.1, 0.15) is 16.6 Å². The maximum Gasteiger partial charge on any atom is 0.262 e. The quantitative estimate of drug-likeness (QED) is 0.801. The Balaban J connectivity index is 1.53. The number of nitrogens with zero attached hydrogens (tertiary/aromatic N) is 2. The third-order valence-corrected chi connectivity index (χ3v) is 5.77. The Bertz CT molecular complexity index is 800. The van der Waals surface area contributed by atoms with Gasteiger partial charge in [0.05, 0.1) is 9.21 Å². The first-order valence-electron chi connectivity index (χ1n) is 8.83. The lowest BCUT2D eigenvalue weighted by Crippen LogP contribution is -2.44. The number of nitrogens with one attached hydrogen (secondary N) is 2. The van der Waals surface area contributed by atoms with Crippen LogP contribution in [0, 0.1) is 0 Å². The fraction of sp³-hybridized carbons (Fsp3) is 0.368. The molecule has 8 heteroatoms. The largest absolute Gasteiger partial charge is 0.369 e. The van der Waals surface area contributed by atoms with E-state index in [-0.39, 0.29) is 11.8 Å². The summed E-state index contributed by atoms with van der Waals surface area (Å²) in [5.74, 6) is -0.571. The van der Waals surface area contributed by atoms with E-state index in [0.717, 1.165) is 31.9 Å². The number of hydrogen-bond acceptors (Lipinski definition) is 5. The van der Waals surface area contributed by atoms with E-state index in [4.69, 9.17) is 11.6 Å². The minimum Gasteiger partial charge on any atom is -0.369 e. The SMILES string of the molecule is CC(NC(=O)c1ccc(Cl)s1)C(=O)Nc1ccc(N2CCN(C)CC2)cc1. The number of carbonyl (C=O) groups excluding carboxylic acids is 2. The maximum atomic E-state index is 12.3. The van der Waals surface area contributed by atoms with Crippen molar-refractivity contribution >= 4 is 46.1 Å². The Labute approximate surface area is 168 Å². The van der Waals surface area contributed by atoms with Crippen LogP contribution in [0.15, 0.2) is 36.4 Å². The van der Waals surface area contributed by atoms with Crippen LogP contribution in [0.5, 0.6) is 0 Å². The molecule has 0 radical (unpaired) electrons. The van der Waals surface area contributed by atoms with E-state index in [1.54, 1.807) is 19.1 Å². The fourth-order valence-corrected chi connectivity index (χ4v) is 3.79. The number of amides is 2. The Morgan fingerprint density at radius 2 is 1.74 bits per heavy atom. The minimum absolute atomic E-state index is 0.265. The van der Waals surface area contributed by atoms with Crippen molar-refractivity contribution in [2.45, 2.75) is 13.0 Å². The number of thiophene rings is 1. The molecular formula is C19H23ClN4O2S. The highest BCUT2D eigenvalue weighted by Crippen LogP contribution is 2.22. The summed E-state index contributed by atoms with van der Waals surface area (Å²) >= 11 is 7.02. The predicted molar refractivity (Wildman–Crippen MR) is 111 cm³/mol. The molecule has 2 amide bonds. The molecule has 2 heterocycles. The summed E-state index contributed by atoms with van der Waals surface area (Å²) in [7, 11) is 2.13. The number of hydrogen-bond donors (Lipinski definition) is 2. The van der Waals surface area contributed by atoms with Crippen LogP contribution in [0.4, 0.5) is 11.4 Å². The summed E-state index contributed by atoms with van der Waals surface area (Å²) in [6.07, 6.45) is 0. The summed E-state index contributed by atoms with van der Waals surface area (Å²) in [4.78, 5) is 29.6. The van der Waals surface area contributed by atoms with Crippen LogP contribution in [0.2, 0.25) is 4.34 Å². The molecule has 0 saturated carbocycles. The van der Waals surface area contributed by atoms with Gasteiger partial charge in [0.25, 0.3) is 5.91 Å². The fourth-order valence-electron chi connectivity index (χ4n) is 2.84. The molecule has 6 nitrogen and oxygen atoms in total. The standard InChI is InChI=1S/C19H23ClN4O2S/c1-13(21-19(26)16-7-8-17(20)27-16)18(25)22-14-3-5-15(6-4-14)24-11-9-23(2)10-12-24/h3-8,13H,9-12H2,1-2H3,(H,21,26)(H,22,25). The first-order valence-corrected chi connectivity index (χ1v) is 10.0. The predicted octanol–water partition coefficient (Wildman–Crippen LogP) is 2.91. The number of halogens is 1. The topological polar surface area (TPSA) is 64.7 Å². The molecule has 3 rings (SSSR count). The highest BCUT2D eigenvalue weighted by atomic mass is 35.5. The molecule has 2 N–H and O–H groups in total. The summed E-state index contributed by atoms with van der Waals surface area (Å²) in [6, 6.07) is 10.4. The van der Waals surface area contributed by atoms with Gasteiger partial charge in [0.15, 0.2) is 0 Å². The Kier molecular flexibility index (Phi) is 6.36. The Morgan fingerprint density at radius 3 is 2.33 bits per heavy atom. The Hall–Kier alpha value is -2.09. The number of anilines is 2. The third kappa shape index (κ3) is 5.22. The van der Waals surface area contributed by atoms with Gasteiger partial charge in [0.2, 0.25) is 5.91 Å². The smallest absolute Gasteiger partial charge is 0.262 e. The van der Waals surface area contributed by atoms with Gasteiger partial charge < -0.3 is 20.4 Å². The lowest BCUT2D eigenvalue weighted by molar-refractivity contribution is -0.117. The lowest BCUT2D eigenvalue weighted by atomic mass is 10.2. The lowest BCUT2D eigenvalue weighted by Gasteiger charge is -2.34. The second-order valence-electron chi connectivity index (χ2n) is 6.63. The van der Waals surface area contributed by atoms with E-state index in [9.17, 15) is 9.59 Å². The van der Waals surface area contributed by atoms with Crippen molar-refractivity contribution in [3.05, 3.63) is 45.6 Å². The Morgan fingerprint density at radius 1 is 1.07 bits per heavy atom. The van der Waals surface area contributed by atoms with Crippen LogP contribution in [0.25, 0.3) is 0 Å². The van der Waals surface area contributed by atoms with Gasteiger partial charge in [-0.1, -0.05) is 11.6 Å². The molecule has 1 saturated heterocycles. The van der Waals surface area contributed by atoms with Crippen molar-refractivity contribution in [1.82, 2.24) is 10.2 Å². The molecule has 27 heavy (non-hydrogen) atoms. The van der Waals surface area contributed by atoms with Crippen LogP contribution in [0.3, 0.4) is 0 Å². The van der Waals surface area contributed by atoms with E-state index >= 15 is 0 Å². The van der Waals surface area contributed by atoms with Gasteiger partial charge in [-0.15, -0.1) is 11.3 Å². The minimum atomic E-state index is -0.657. The normalized spacial score (nSPS) is 16.0. The summed E-state index contributed by atoms with van der Waals surface area (Å²) in [6.45, 7) is 5.74. The second-order valence-corrected chi connectivity index (χ2v) is 8.34. The zero-order valence-electron chi connectivity index (χ0n) is 15.4. The molecule has 2 aromatic rings. The summed E-state index contributed by atoms with van der Waals surface area (Å²) in [5, 5.41) is 5.52. The molecule has 1 aromatic heterocycles. The first-order chi connectivity index (χ1) is 12.9. The van der Waals surface area contributed by atoms with Crippen molar-refractivity contribution in [2.75, 3.05) is 43.4 Å². The van der Waals surface area contributed by atoms with Crippen LogP contribution in [-0.4, -0.2) is 56.0 Å². The first kappa shape index (κ1) is 19.7. The van der Waals surface area contributed by atoms with Gasteiger partial charge in [-0.2, -0.15) is 0 Å². The molecule has 0 bridgehead atoms. The molecule has 1 aromatic carbocycles. The highest BCUT2D eigenvalue weighted by molar-refractivity contribution is 7.18. The molecule has 1 aliphatic heterocycles. The monoisotopic (exact) mass is 406 g/mol. The van der Waals surface area contributed by atoms with Gasteiger partial charge in [-0.05, 0) is 50.4 Å². The zero-order chi connectivity index (χ0) is 19.4. The van der Waals surface area contributed by atoms with Gasteiger partial charge in [0.1, 0.15) is 6.04 Å². The van der Waals surface area contributed by atoms with Crippen LogP contribution >= 0.6 is 22.9 Å². The van der Waals surface area contributed by atoms with Crippen LogP contribution < -0.4 is 15.5 Å². The van der Waals surface area contributed by atoms with E-state index < -0.39 is 6.04 Å². The third-order valence-electron chi connectivity index (χ3n) is 4.54. The molecule has 1 unspecified atom stereocenters. The molecule has 1 atom stereocenters. The van der Waals surface area contributed by atoms with Gasteiger partial charge in [0, 0.05) is 37.6 Å². The summed E-state index contributed by atoms with van der Waals surface area (Å²) < 4.78 is 0.540. The summed E-state index contributed by atoms with van der Waals surface area (Å²) in [5.41, 5.74) is 1.86. The van der Waals surface area contributed by atoms with Crippen molar-refractivity contribution in [3.63, 3.8) is 0 Å². The van der Waals surface area contributed by atoms with Gasteiger partial charge in [-0.25, -0.2) is 0 Å². The van der Waals surface area contributed by atoms with Gasteiger partial charge in [-0.3, -0.25) is 9.59 Å². The van der Waals surface area contributed by atoms with Crippen LogP contribution in [-0.2, 0) is 4.79 Å². The maximum absolute atomic E-state index is 12.3. The second kappa shape index (κ2) is 8.73. The van der Waals surface area contributed by atoms with Crippen molar-refractivity contribution in [1.29, 1.82) is 0 Å². The van der Waals surface area contributed by atoms with E-state index in [0.29, 0.717) is 14.9 Å². The molecule has 0 aliphatic carbocycles. The van der Waals surface area contributed by atoms with Crippen molar-refractivity contribution in [3.8, 4) is 0 Å². The molecule has 1 fully saturated rings. The van der Waals surface area contributed by atoms with Crippen molar-refractivity contribution < 1.29 is 9.59 Å². The number of piperazine rings is 1. The van der Waals surface area contributed by atoms with Crippen molar-refractivity contribution in [2.24, 2.45) is 0 Å². The molecule has 0 spiro atoms.